The number of hydrogen-bond acceptors (Lipinski definition) is 5. The Bertz CT molecular complexity index is 849. The monoisotopic (exact) mass is 443 g/mol. The molecule has 1 aromatic carbocycles. The predicted molar refractivity (Wildman–Crippen MR) is 120 cm³/mol. The van der Waals surface area contributed by atoms with Crippen LogP contribution in [0.2, 0.25) is 0 Å². The van der Waals surface area contributed by atoms with Crippen molar-refractivity contribution in [2.75, 3.05) is 37.6 Å². The third-order valence-corrected chi connectivity index (χ3v) is 6.55. The summed E-state index contributed by atoms with van der Waals surface area (Å²) in [5.41, 5.74) is 1.05. The first-order valence-corrected chi connectivity index (χ1v) is 11.5. The lowest BCUT2D eigenvalue weighted by Crippen LogP contribution is -2.48. The van der Waals surface area contributed by atoms with Crippen molar-refractivity contribution < 1.29 is 13.6 Å². The third kappa shape index (κ3) is 6.00. The van der Waals surface area contributed by atoms with E-state index in [-0.39, 0.29) is 43.6 Å². The number of piperazine rings is 1. The van der Waals surface area contributed by atoms with Gasteiger partial charge in [-0.15, -0.1) is 0 Å². The molecule has 1 amide bonds. The maximum absolute atomic E-state index is 13.5. The Balaban J connectivity index is 1.31. The molecule has 2 fully saturated rings. The summed E-state index contributed by atoms with van der Waals surface area (Å²) in [6, 6.07) is 11.6. The van der Waals surface area contributed by atoms with Crippen LogP contribution in [-0.2, 0) is 4.79 Å². The van der Waals surface area contributed by atoms with Crippen LogP contribution in [-0.4, -0.2) is 59.4 Å². The number of nitrogens with zero attached hydrogens (tertiary/aromatic N) is 4. The number of rotatable bonds is 7. The Morgan fingerprint density at radius 3 is 2.34 bits per heavy atom. The largest absolute Gasteiger partial charge is 0.349 e. The zero-order valence-corrected chi connectivity index (χ0v) is 18.3. The maximum Gasteiger partial charge on any atom is 0.248 e. The summed E-state index contributed by atoms with van der Waals surface area (Å²) in [5.74, 6) is -2.28. The predicted octanol–water partition coefficient (Wildman–Crippen LogP) is 3.67. The molecule has 8 heteroatoms. The number of hydrogen-bond donors (Lipinski definition) is 1. The molecule has 4 rings (SSSR count). The second-order valence-electron chi connectivity index (χ2n) is 8.77. The molecule has 6 nitrogen and oxygen atoms in total. The summed E-state index contributed by atoms with van der Waals surface area (Å²) >= 11 is 0. The number of amides is 1. The lowest BCUT2D eigenvalue weighted by atomic mass is 9.86. The summed E-state index contributed by atoms with van der Waals surface area (Å²) in [7, 11) is 0. The standard InChI is InChI=1S/C24H31F2N5O/c25-24(26)10-7-20(8-11-24)22(32)29-21(19-5-2-1-3-6-19)9-14-30-15-17-31(18-16-30)23-27-12-4-13-28-23/h1-6,12-13,20-21H,7-11,14-18H2,(H,29,32)/t21-/m0/s1. The minimum absolute atomic E-state index is 0.0969. The quantitative estimate of drug-likeness (QED) is 0.708. The Kier molecular flexibility index (Phi) is 7.29. The molecule has 0 spiro atoms. The van der Waals surface area contributed by atoms with Crippen molar-refractivity contribution in [3.8, 4) is 0 Å². The molecule has 2 heterocycles. The van der Waals surface area contributed by atoms with Crippen molar-refractivity contribution >= 4 is 11.9 Å². The molecule has 0 unspecified atom stereocenters. The zero-order chi connectivity index (χ0) is 22.4. The zero-order valence-electron chi connectivity index (χ0n) is 18.3. The van der Waals surface area contributed by atoms with Gasteiger partial charge >= 0.3 is 0 Å². The van der Waals surface area contributed by atoms with Gasteiger partial charge in [0.25, 0.3) is 0 Å². The van der Waals surface area contributed by atoms with Crippen LogP contribution in [0.5, 0.6) is 0 Å². The van der Waals surface area contributed by atoms with Crippen molar-refractivity contribution in [1.29, 1.82) is 0 Å². The summed E-state index contributed by atoms with van der Waals surface area (Å²) in [6.07, 6.45) is 4.41. The average molecular weight is 444 g/mol. The van der Waals surface area contributed by atoms with E-state index in [0.29, 0.717) is 0 Å². The summed E-state index contributed by atoms with van der Waals surface area (Å²) in [6.45, 7) is 4.40. The molecule has 1 aromatic heterocycles. The van der Waals surface area contributed by atoms with E-state index in [1.807, 2.05) is 36.4 Å². The number of anilines is 1. The number of carbonyl (C=O) groups excluding carboxylic acids is 1. The van der Waals surface area contributed by atoms with Gasteiger partial charge in [-0.1, -0.05) is 30.3 Å². The molecule has 1 aliphatic carbocycles. The molecular weight excluding hydrogens is 412 g/mol. The van der Waals surface area contributed by atoms with E-state index in [1.54, 1.807) is 12.4 Å². The molecule has 2 aliphatic rings. The minimum Gasteiger partial charge on any atom is -0.349 e. The number of benzene rings is 1. The van der Waals surface area contributed by atoms with Gasteiger partial charge in [0, 0.05) is 63.9 Å². The molecule has 1 atom stereocenters. The molecule has 1 saturated heterocycles. The van der Waals surface area contributed by atoms with Crippen molar-refractivity contribution in [2.24, 2.45) is 5.92 Å². The molecule has 1 saturated carbocycles. The normalized spacial score (nSPS) is 20.6. The average Bonchev–Trinajstić information content (AvgIpc) is 2.83. The number of nitrogens with one attached hydrogen (secondary N) is 1. The Hall–Kier alpha value is -2.61. The van der Waals surface area contributed by atoms with E-state index < -0.39 is 5.92 Å². The van der Waals surface area contributed by atoms with Crippen LogP contribution in [0.1, 0.15) is 43.7 Å². The fourth-order valence-corrected chi connectivity index (χ4v) is 4.54. The second kappa shape index (κ2) is 10.3. The van der Waals surface area contributed by atoms with Crippen molar-refractivity contribution in [3.63, 3.8) is 0 Å². The van der Waals surface area contributed by atoms with Gasteiger partial charge < -0.3 is 10.2 Å². The molecule has 1 aliphatic heterocycles. The highest BCUT2D eigenvalue weighted by molar-refractivity contribution is 5.79. The first kappa shape index (κ1) is 22.6. The van der Waals surface area contributed by atoms with Gasteiger partial charge in [-0.3, -0.25) is 9.69 Å². The van der Waals surface area contributed by atoms with Crippen LogP contribution in [0.4, 0.5) is 14.7 Å². The first-order chi connectivity index (χ1) is 15.5. The van der Waals surface area contributed by atoms with Gasteiger partial charge in [0.1, 0.15) is 0 Å². The van der Waals surface area contributed by atoms with E-state index in [0.717, 1.165) is 50.7 Å². The number of aromatic nitrogens is 2. The van der Waals surface area contributed by atoms with E-state index in [9.17, 15) is 13.6 Å². The Morgan fingerprint density at radius 2 is 1.69 bits per heavy atom. The van der Waals surface area contributed by atoms with Crippen molar-refractivity contribution in [2.45, 2.75) is 44.1 Å². The summed E-state index contributed by atoms with van der Waals surface area (Å²) < 4.78 is 27.0. The third-order valence-electron chi connectivity index (χ3n) is 6.55. The van der Waals surface area contributed by atoms with Gasteiger partial charge in [-0.2, -0.15) is 0 Å². The van der Waals surface area contributed by atoms with Crippen molar-refractivity contribution in [1.82, 2.24) is 20.2 Å². The smallest absolute Gasteiger partial charge is 0.248 e. The number of alkyl halides is 2. The van der Waals surface area contributed by atoms with Gasteiger partial charge in [0.05, 0.1) is 6.04 Å². The first-order valence-electron chi connectivity index (χ1n) is 11.5. The van der Waals surface area contributed by atoms with Gasteiger partial charge in [-0.25, -0.2) is 18.7 Å². The van der Waals surface area contributed by atoms with Crippen LogP contribution < -0.4 is 10.2 Å². The molecule has 1 N–H and O–H groups in total. The van der Waals surface area contributed by atoms with Crippen LogP contribution in [0, 0.1) is 5.92 Å². The fraction of sp³-hybridized carbons (Fsp3) is 0.542. The number of carbonyl (C=O) groups is 1. The molecule has 2 aromatic rings. The van der Waals surface area contributed by atoms with Crippen LogP contribution in [0.25, 0.3) is 0 Å². The molecule has 172 valence electrons. The van der Waals surface area contributed by atoms with Crippen LogP contribution in [0.15, 0.2) is 48.8 Å². The molecule has 0 radical (unpaired) electrons. The van der Waals surface area contributed by atoms with Crippen molar-refractivity contribution in [3.05, 3.63) is 54.4 Å². The molecule has 0 bridgehead atoms. The lowest BCUT2D eigenvalue weighted by molar-refractivity contribution is -0.130. The lowest BCUT2D eigenvalue weighted by Gasteiger charge is -2.35. The van der Waals surface area contributed by atoms with Crippen LogP contribution in [0.3, 0.4) is 0 Å². The van der Waals surface area contributed by atoms with E-state index in [2.05, 4.69) is 25.1 Å². The van der Waals surface area contributed by atoms with E-state index in [1.165, 1.54) is 0 Å². The number of halogens is 2. The van der Waals surface area contributed by atoms with Gasteiger partial charge in [0.15, 0.2) is 0 Å². The fourth-order valence-electron chi connectivity index (χ4n) is 4.54. The highest BCUT2D eigenvalue weighted by Gasteiger charge is 2.37. The summed E-state index contributed by atoms with van der Waals surface area (Å²) in [4.78, 5) is 26.1. The topological polar surface area (TPSA) is 61.4 Å². The summed E-state index contributed by atoms with van der Waals surface area (Å²) in [5, 5.41) is 3.16. The highest BCUT2D eigenvalue weighted by Crippen LogP contribution is 2.36. The van der Waals surface area contributed by atoms with Gasteiger partial charge in [0.2, 0.25) is 17.8 Å². The van der Waals surface area contributed by atoms with Crippen LogP contribution >= 0.6 is 0 Å². The highest BCUT2D eigenvalue weighted by atomic mass is 19.3. The van der Waals surface area contributed by atoms with E-state index >= 15 is 0 Å². The van der Waals surface area contributed by atoms with E-state index in [4.69, 9.17) is 0 Å². The maximum atomic E-state index is 13.5. The Morgan fingerprint density at radius 1 is 1.03 bits per heavy atom. The SMILES string of the molecule is O=C(N[C@@H](CCN1CCN(c2ncccn2)CC1)c1ccccc1)C1CCC(F)(F)CC1. The minimum atomic E-state index is -2.62. The molecular formula is C24H31F2N5O. The second-order valence-corrected chi connectivity index (χ2v) is 8.77. The molecule has 32 heavy (non-hydrogen) atoms. The van der Waals surface area contributed by atoms with Gasteiger partial charge in [-0.05, 0) is 30.9 Å². The Labute approximate surface area is 188 Å².